The summed E-state index contributed by atoms with van der Waals surface area (Å²) in [6, 6.07) is 17.2. The topological polar surface area (TPSA) is 45.6 Å². The maximum absolute atomic E-state index is 5.77. The lowest BCUT2D eigenvalue weighted by Crippen LogP contribution is -2.32. The van der Waals surface area contributed by atoms with E-state index in [1.165, 1.54) is 28.3 Å². The van der Waals surface area contributed by atoms with Gasteiger partial charge in [-0.2, -0.15) is 0 Å². The normalized spacial score (nSPS) is 17.8. The van der Waals surface area contributed by atoms with Gasteiger partial charge in [0.1, 0.15) is 0 Å². The molecule has 34 heavy (non-hydrogen) atoms. The fourth-order valence-electron chi connectivity index (χ4n) is 5.06. The van der Waals surface area contributed by atoms with Crippen LogP contribution >= 0.6 is 12.2 Å². The van der Waals surface area contributed by atoms with Crippen molar-refractivity contribution in [3.05, 3.63) is 77.4 Å². The van der Waals surface area contributed by atoms with E-state index in [1.54, 1.807) is 7.11 Å². The minimum atomic E-state index is -0.0236. The summed E-state index contributed by atoms with van der Waals surface area (Å²) in [6.45, 7) is 12.1. The van der Waals surface area contributed by atoms with E-state index >= 15 is 0 Å². The molecule has 0 amide bonds. The Kier molecular flexibility index (Phi) is 7.54. The van der Waals surface area contributed by atoms with Crippen molar-refractivity contribution in [2.24, 2.45) is 0 Å². The molecule has 1 N–H and O–H groups in total. The number of thiocarbonyl (C=S) groups is 1. The second kappa shape index (κ2) is 10.6. The molecule has 180 valence electrons. The Morgan fingerprint density at radius 2 is 1.82 bits per heavy atom. The van der Waals surface area contributed by atoms with E-state index in [4.69, 9.17) is 17.0 Å². The first-order valence-corrected chi connectivity index (χ1v) is 12.4. The molecule has 4 rings (SSSR count). The summed E-state index contributed by atoms with van der Waals surface area (Å²) in [6.07, 6.45) is 1.84. The van der Waals surface area contributed by atoms with Crippen molar-refractivity contribution in [3.63, 3.8) is 0 Å². The molecule has 0 radical (unpaired) electrons. The number of ether oxygens (including phenoxy) is 1. The smallest absolute Gasteiger partial charge is 0.170 e. The van der Waals surface area contributed by atoms with Crippen LogP contribution in [0.4, 0.5) is 5.69 Å². The second-order valence-electron chi connectivity index (χ2n) is 8.66. The molecule has 0 bridgehead atoms. The largest absolute Gasteiger partial charge is 0.383 e. The molecular weight excluding hydrogens is 442 g/mol. The molecule has 2 aromatic heterocycles. The van der Waals surface area contributed by atoms with Gasteiger partial charge in [-0.1, -0.05) is 6.07 Å². The lowest BCUT2D eigenvalue weighted by molar-refractivity contribution is 0.164. The molecule has 0 spiro atoms. The summed E-state index contributed by atoms with van der Waals surface area (Å²) >= 11 is 5.77. The fraction of sp³-hybridized carbons (Fsp3) is 0.407. The molecule has 1 aliphatic rings. The van der Waals surface area contributed by atoms with Crippen molar-refractivity contribution in [3.8, 4) is 5.69 Å². The summed E-state index contributed by atoms with van der Waals surface area (Å²) < 4.78 is 7.74. The number of aryl methyl sites for hydroxylation is 1. The molecule has 3 aromatic rings. The minimum absolute atomic E-state index is 0.0236. The molecule has 6 nitrogen and oxygen atoms in total. The van der Waals surface area contributed by atoms with Crippen LogP contribution in [0.15, 0.2) is 54.7 Å². The molecule has 0 unspecified atom stereocenters. The minimum Gasteiger partial charge on any atom is -0.383 e. The SMILES string of the molecule is CCN(CC)c1ccc(-n2c(C)cc([C@@H]3[C@H](c4ccccn4)NC(=S)N3CCOC)c2C)cc1. The van der Waals surface area contributed by atoms with Gasteiger partial charge >= 0.3 is 0 Å². The van der Waals surface area contributed by atoms with Crippen LogP contribution in [0.3, 0.4) is 0 Å². The predicted molar refractivity (Wildman–Crippen MR) is 143 cm³/mol. The maximum atomic E-state index is 5.77. The highest BCUT2D eigenvalue weighted by molar-refractivity contribution is 7.80. The van der Waals surface area contributed by atoms with E-state index in [-0.39, 0.29) is 12.1 Å². The van der Waals surface area contributed by atoms with Crippen molar-refractivity contribution in [2.75, 3.05) is 38.3 Å². The van der Waals surface area contributed by atoms with E-state index in [2.05, 4.69) is 88.8 Å². The van der Waals surface area contributed by atoms with E-state index in [9.17, 15) is 0 Å². The Morgan fingerprint density at radius 3 is 2.44 bits per heavy atom. The molecule has 1 aliphatic heterocycles. The highest BCUT2D eigenvalue weighted by Gasteiger charge is 2.41. The quantitative estimate of drug-likeness (QED) is 0.440. The first-order chi connectivity index (χ1) is 16.5. The molecule has 2 atom stereocenters. The Hall–Kier alpha value is -2.90. The number of benzene rings is 1. The lowest BCUT2D eigenvalue weighted by atomic mass is 9.97. The average molecular weight is 478 g/mol. The summed E-state index contributed by atoms with van der Waals surface area (Å²) in [4.78, 5) is 9.26. The standard InChI is InChI=1S/C27H35N5OS/c1-6-30(7-2)21-11-13-22(14-12-21)32-19(3)18-23(20(32)4)26-25(24-10-8-9-15-28-24)29-27(34)31(26)16-17-33-5/h8-15,18,25-26H,6-7,16-17H2,1-5H3,(H,29,34)/t25-,26+/m0/s1. The Morgan fingerprint density at radius 1 is 1.09 bits per heavy atom. The van der Waals surface area contributed by atoms with Gasteiger partial charge in [0, 0.05) is 55.7 Å². The zero-order chi connectivity index (χ0) is 24.2. The van der Waals surface area contributed by atoms with Gasteiger partial charge in [-0.3, -0.25) is 4.98 Å². The van der Waals surface area contributed by atoms with Crippen molar-refractivity contribution < 1.29 is 4.74 Å². The van der Waals surface area contributed by atoms with Gasteiger partial charge < -0.3 is 24.4 Å². The molecule has 1 fully saturated rings. The predicted octanol–water partition coefficient (Wildman–Crippen LogP) is 4.95. The first kappa shape index (κ1) is 24.2. The van der Waals surface area contributed by atoms with E-state index in [1.807, 2.05) is 18.3 Å². The van der Waals surface area contributed by atoms with Crippen LogP contribution in [0, 0.1) is 13.8 Å². The number of pyridine rings is 1. The number of anilines is 1. The van der Waals surface area contributed by atoms with Crippen LogP contribution in [-0.2, 0) is 4.74 Å². The molecule has 0 saturated carbocycles. The van der Waals surface area contributed by atoms with Crippen LogP contribution in [0.25, 0.3) is 5.69 Å². The summed E-state index contributed by atoms with van der Waals surface area (Å²) in [7, 11) is 1.73. The third-order valence-electron chi connectivity index (χ3n) is 6.76. The van der Waals surface area contributed by atoms with Gasteiger partial charge in [-0.05, 0) is 87.9 Å². The summed E-state index contributed by atoms with van der Waals surface area (Å²) in [5.41, 5.74) is 7.08. The molecule has 1 saturated heterocycles. The summed E-state index contributed by atoms with van der Waals surface area (Å²) in [5.74, 6) is 0. The first-order valence-electron chi connectivity index (χ1n) is 12.0. The van der Waals surface area contributed by atoms with Gasteiger partial charge in [-0.15, -0.1) is 0 Å². The Balaban J connectivity index is 1.75. The van der Waals surface area contributed by atoms with Crippen molar-refractivity contribution in [2.45, 2.75) is 39.8 Å². The average Bonchev–Trinajstić information content (AvgIpc) is 3.34. The van der Waals surface area contributed by atoms with Gasteiger partial charge in [0.15, 0.2) is 5.11 Å². The van der Waals surface area contributed by atoms with Gasteiger partial charge in [0.05, 0.1) is 24.4 Å². The molecule has 3 heterocycles. The van der Waals surface area contributed by atoms with Crippen molar-refractivity contribution in [1.29, 1.82) is 0 Å². The van der Waals surface area contributed by atoms with E-state index in [0.29, 0.717) is 6.61 Å². The summed E-state index contributed by atoms with van der Waals surface area (Å²) in [5, 5.41) is 4.27. The van der Waals surface area contributed by atoms with Crippen molar-refractivity contribution >= 4 is 23.0 Å². The molecule has 1 aromatic carbocycles. The monoisotopic (exact) mass is 477 g/mol. The fourth-order valence-corrected chi connectivity index (χ4v) is 5.39. The van der Waals surface area contributed by atoms with E-state index < -0.39 is 0 Å². The van der Waals surface area contributed by atoms with E-state index in [0.717, 1.165) is 30.4 Å². The van der Waals surface area contributed by atoms with Crippen LogP contribution < -0.4 is 10.2 Å². The van der Waals surface area contributed by atoms with Crippen LogP contribution in [0.2, 0.25) is 0 Å². The lowest BCUT2D eigenvalue weighted by Gasteiger charge is -2.28. The number of methoxy groups -OCH3 is 1. The number of hydrogen-bond acceptors (Lipinski definition) is 4. The van der Waals surface area contributed by atoms with Gasteiger partial charge in [-0.25, -0.2) is 0 Å². The number of aromatic nitrogens is 2. The van der Waals surface area contributed by atoms with Crippen molar-refractivity contribution in [1.82, 2.24) is 19.8 Å². The number of nitrogens with one attached hydrogen (secondary N) is 1. The van der Waals surface area contributed by atoms with Gasteiger partial charge in [0.25, 0.3) is 0 Å². The number of hydrogen-bond donors (Lipinski definition) is 1. The van der Waals surface area contributed by atoms with Gasteiger partial charge in [0.2, 0.25) is 0 Å². The number of rotatable bonds is 9. The molecular formula is C27H35N5OS. The molecule has 7 heteroatoms. The van der Waals surface area contributed by atoms with Crippen LogP contribution in [-0.4, -0.2) is 52.9 Å². The molecule has 0 aliphatic carbocycles. The third-order valence-corrected chi connectivity index (χ3v) is 7.11. The zero-order valence-corrected chi connectivity index (χ0v) is 21.6. The highest BCUT2D eigenvalue weighted by Crippen LogP contribution is 2.41. The third kappa shape index (κ3) is 4.55. The second-order valence-corrected chi connectivity index (χ2v) is 9.05. The highest BCUT2D eigenvalue weighted by atomic mass is 32.1. The van der Waals surface area contributed by atoms with Crippen LogP contribution in [0.5, 0.6) is 0 Å². The maximum Gasteiger partial charge on any atom is 0.170 e. The van der Waals surface area contributed by atoms with Crippen LogP contribution in [0.1, 0.15) is 48.6 Å². The number of nitrogens with zero attached hydrogens (tertiary/aromatic N) is 4. The Bertz CT molecular complexity index is 1110. The zero-order valence-electron chi connectivity index (χ0n) is 20.8. The Labute approximate surface area is 208 Å².